The first kappa shape index (κ1) is 15.7. The number of nitrogens with one attached hydrogen (secondary N) is 1. The summed E-state index contributed by atoms with van der Waals surface area (Å²) < 4.78 is 5.61. The molecule has 0 saturated carbocycles. The first-order valence-corrected chi connectivity index (χ1v) is 8.15. The molecule has 6 heteroatoms. The van der Waals surface area contributed by atoms with Crippen LogP contribution in [0.3, 0.4) is 0 Å². The number of hydrogen-bond acceptors (Lipinski definition) is 6. The van der Waals surface area contributed by atoms with E-state index in [9.17, 15) is 0 Å². The largest absolute Gasteiger partial charge is 0.376 e. The highest BCUT2D eigenvalue weighted by Gasteiger charge is 2.16. The van der Waals surface area contributed by atoms with E-state index < -0.39 is 0 Å². The van der Waals surface area contributed by atoms with E-state index in [1.165, 1.54) is 5.56 Å². The number of rotatable bonds is 6. The smallest absolute Gasteiger partial charge is 0.244 e. The van der Waals surface area contributed by atoms with E-state index in [0.29, 0.717) is 5.95 Å². The summed E-state index contributed by atoms with van der Waals surface area (Å²) in [4.78, 5) is 6.72. The van der Waals surface area contributed by atoms with Gasteiger partial charge in [0.05, 0.1) is 12.3 Å². The lowest BCUT2D eigenvalue weighted by atomic mass is 10.2. The summed E-state index contributed by atoms with van der Waals surface area (Å²) in [6.45, 7) is 6.57. The van der Waals surface area contributed by atoms with Crippen molar-refractivity contribution in [1.29, 1.82) is 0 Å². The van der Waals surface area contributed by atoms with Gasteiger partial charge < -0.3 is 15.0 Å². The molecule has 1 aromatic heterocycles. The molecule has 0 bridgehead atoms. The van der Waals surface area contributed by atoms with Crippen molar-refractivity contribution < 1.29 is 4.74 Å². The third-order valence-electron chi connectivity index (χ3n) is 3.96. The Morgan fingerprint density at radius 2 is 2.30 bits per heavy atom. The van der Waals surface area contributed by atoms with Gasteiger partial charge >= 0.3 is 0 Å². The van der Waals surface area contributed by atoms with Crippen molar-refractivity contribution in [3.63, 3.8) is 0 Å². The molecule has 0 radical (unpaired) electrons. The molecule has 1 atom stereocenters. The zero-order valence-electron chi connectivity index (χ0n) is 13.7. The summed E-state index contributed by atoms with van der Waals surface area (Å²) >= 11 is 0. The lowest BCUT2D eigenvalue weighted by Crippen LogP contribution is -2.22. The zero-order valence-corrected chi connectivity index (χ0v) is 13.7. The van der Waals surface area contributed by atoms with Gasteiger partial charge in [0, 0.05) is 25.4 Å². The monoisotopic (exact) mass is 313 g/mol. The summed E-state index contributed by atoms with van der Waals surface area (Å²) in [5, 5.41) is 11.4. The molecule has 1 aromatic carbocycles. The second-order valence-corrected chi connectivity index (χ2v) is 5.74. The third-order valence-corrected chi connectivity index (χ3v) is 3.96. The fourth-order valence-corrected chi connectivity index (χ4v) is 2.78. The van der Waals surface area contributed by atoms with Crippen LogP contribution in [-0.2, 0) is 4.74 Å². The lowest BCUT2D eigenvalue weighted by molar-refractivity contribution is 0.120. The van der Waals surface area contributed by atoms with Gasteiger partial charge in [-0.05, 0) is 44.4 Å². The molecule has 2 aromatic rings. The molecule has 0 spiro atoms. The predicted octanol–water partition coefficient (Wildman–Crippen LogP) is 2.93. The van der Waals surface area contributed by atoms with Crippen LogP contribution in [0.15, 0.2) is 30.5 Å². The molecule has 1 fully saturated rings. The van der Waals surface area contributed by atoms with E-state index in [-0.39, 0.29) is 6.10 Å². The average molecular weight is 313 g/mol. The first-order valence-electron chi connectivity index (χ1n) is 8.15. The Balaban J connectivity index is 1.74. The topological polar surface area (TPSA) is 63.2 Å². The van der Waals surface area contributed by atoms with Crippen LogP contribution >= 0.6 is 0 Å². The van der Waals surface area contributed by atoms with Crippen LogP contribution in [0.5, 0.6) is 0 Å². The van der Waals surface area contributed by atoms with Crippen LogP contribution in [0.25, 0.3) is 0 Å². The van der Waals surface area contributed by atoms with Crippen LogP contribution in [0.1, 0.15) is 25.3 Å². The number of aryl methyl sites for hydroxylation is 1. The van der Waals surface area contributed by atoms with Crippen LogP contribution in [0.4, 0.5) is 17.5 Å². The van der Waals surface area contributed by atoms with Crippen LogP contribution in [0, 0.1) is 6.92 Å². The Kier molecular flexibility index (Phi) is 5.02. The van der Waals surface area contributed by atoms with E-state index in [1.807, 2.05) is 0 Å². The molecule has 6 nitrogen and oxygen atoms in total. The van der Waals surface area contributed by atoms with Crippen molar-refractivity contribution in [1.82, 2.24) is 15.2 Å². The minimum atomic E-state index is 0.251. The van der Waals surface area contributed by atoms with Crippen molar-refractivity contribution in [3.8, 4) is 0 Å². The average Bonchev–Trinajstić information content (AvgIpc) is 3.08. The fraction of sp³-hybridized carbons (Fsp3) is 0.471. The normalized spacial score (nSPS) is 17.2. The predicted molar refractivity (Wildman–Crippen MR) is 91.1 cm³/mol. The van der Waals surface area contributed by atoms with Gasteiger partial charge in [-0.15, -0.1) is 5.10 Å². The van der Waals surface area contributed by atoms with Gasteiger partial charge in [-0.25, -0.2) is 0 Å². The van der Waals surface area contributed by atoms with Gasteiger partial charge in [0.1, 0.15) is 0 Å². The van der Waals surface area contributed by atoms with Crippen LogP contribution in [-0.4, -0.2) is 41.0 Å². The number of hydrogen-bond donors (Lipinski definition) is 1. The van der Waals surface area contributed by atoms with Gasteiger partial charge in [-0.3, -0.25) is 0 Å². The van der Waals surface area contributed by atoms with Crippen molar-refractivity contribution in [2.24, 2.45) is 0 Å². The highest BCUT2D eigenvalue weighted by Crippen LogP contribution is 2.24. The minimum Gasteiger partial charge on any atom is -0.376 e. The van der Waals surface area contributed by atoms with Gasteiger partial charge in [0.2, 0.25) is 5.95 Å². The quantitative estimate of drug-likeness (QED) is 0.884. The maximum atomic E-state index is 5.61. The Morgan fingerprint density at radius 1 is 1.39 bits per heavy atom. The third kappa shape index (κ3) is 3.96. The number of anilines is 3. The lowest BCUT2D eigenvalue weighted by Gasteiger charge is -2.22. The number of ether oxygens (including phenoxy) is 1. The summed E-state index contributed by atoms with van der Waals surface area (Å²) in [6, 6.07) is 8.37. The molecule has 122 valence electrons. The summed E-state index contributed by atoms with van der Waals surface area (Å²) in [5.41, 5.74) is 2.33. The van der Waals surface area contributed by atoms with Crippen molar-refractivity contribution >= 4 is 17.5 Å². The standard InChI is InChI=1S/C17H23N5O/c1-3-22(14-7-4-6-13(2)10-14)16-12-19-21-17(20-16)18-11-15-8-5-9-23-15/h4,6-7,10,12,15H,3,5,8-9,11H2,1-2H3,(H,18,20,21). The van der Waals surface area contributed by atoms with Crippen molar-refractivity contribution in [2.75, 3.05) is 29.9 Å². The fourth-order valence-electron chi connectivity index (χ4n) is 2.78. The summed E-state index contributed by atoms with van der Waals surface area (Å²) in [5.74, 6) is 1.34. The van der Waals surface area contributed by atoms with Crippen molar-refractivity contribution in [2.45, 2.75) is 32.8 Å². The Bertz CT molecular complexity index is 642. The van der Waals surface area contributed by atoms with E-state index in [2.05, 4.69) is 63.5 Å². The Morgan fingerprint density at radius 3 is 3.04 bits per heavy atom. The molecule has 1 aliphatic heterocycles. The number of nitrogens with zero attached hydrogens (tertiary/aromatic N) is 4. The number of benzene rings is 1. The molecule has 3 rings (SSSR count). The van der Waals surface area contributed by atoms with Gasteiger partial charge in [0.15, 0.2) is 5.82 Å². The molecular formula is C17H23N5O. The molecule has 0 amide bonds. The maximum Gasteiger partial charge on any atom is 0.244 e. The highest BCUT2D eigenvalue weighted by molar-refractivity contribution is 5.60. The van der Waals surface area contributed by atoms with Crippen LogP contribution < -0.4 is 10.2 Å². The SMILES string of the molecule is CCN(c1cccc(C)c1)c1cnnc(NCC2CCCO2)n1. The molecule has 1 aliphatic rings. The highest BCUT2D eigenvalue weighted by atomic mass is 16.5. The Labute approximate surface area is 136 Å². The summed E-state index contributed by atoms with van der Waals surface area (Å²) in [6.07, 6.45) is 4.16. The van der Waals surface area contributed by atoms with Gasteiger partial charge in [0.25, 0.3) is 0 Å². The molecule has 2 heterocycles. The van der Waals surface area contributed by atoms with E-state index in [1.54, 1.807) is 6.20 Å². The van der Waals surface area contributed by atoms with E-state index in [4.69, 9.17) is 4.74 Å². The minimum absolute atomic E-state index is 0.251. The molecular weight excluding hydrogens is 290 g/mol. The maximum absolute atomic E-state index is 5.61. The second-order valence-electron chi connectivity index (χ2n) is 5.74. The Hall–Kier alpha value is -2.21. The first-order chi connectivity index (χ1) is 11.3. The summed E-state index contributed by atoms with van der Waals surface area (Å²) in [7, 11) is 0. The van der Waals surface area contributed by atoms with Gasteiger partial charge in [-0.2, -0.15) is 10.1 Å². The number of aromatic nitrogens is 3. The van der Waals surface area contributed by atoms with E-state index in [0.717, 1.165) is 44.0 Å². The second kappa shape index (κ2) is 7.37. The van der Waals surface area contributed by atoms with E-state index >= 15 is 0 Å². The molecule has 0 aliphatic carbocycles. The molecule has 1 saturated heterocycles. The van der Waals surface area contributed by atoms with Crippen molar-refractivity contribution in [3.05, 3.63) is 36.0 Å². The molecule has 1 N–H and O–H groups in total. The molecule has 1 unspecified atom stereocenters. The van der Waals surface area contributed by atoms with Crippen LogP contribution in [0.2, 0.25) is 0 Å². The molecule has 23 heavy (non-hydrogen) atoms. The van der Waals surface area contributed by atoms with Gasteiger partial charge in [-0.1, -0.05) is 12.1 Å². The zero-order chi connectivity index (χ0) is 16.1.